The maximum Gasteiger partial charge on any atom is 0.271 e. The van der Waals surface area contributed by atoms with E-state index in [2.05, 4.69) is 10.1 Å². The minimum Gasteiger partial charge on any atom is -0.361 e. The van der Waals surface area contributed by atoms with Crippen LogP contribution in [0.5, 0.6) is 0 Å². The summed E-state index contributed by atoms with van der Waals surface area (Å²) in [6.07, 6.45) is 1.38. The molecule has 0 N–H and O–H groups in total. The first-order valence-corrected chi connectivity index (χ1v) is 6.52. The van der Waals surface area contributed by atoms with E-state index in [1.807, 2.05) is 0 Å². The number of benzene rings is 1. The Bertz CT molecular complexity index is 922. The van der Waals surface area contributed by atoms with Crippen LogP contribution in [0.4, 0.5) is 5.69 Å². The molecular weight excluding hydrogens is 288 g/mol. The molecule has 3 rings (SSSR count). The van der Waals surface area contributed by atoms with Crippen molar-refractivity contribution in [2.45, 2.75) is 20.4 Å². The van der Waals surface area contributed by atoms with Crippen molar-refractivity contribution in [1.82, 2.24) is 14.7 Å². The molecule has 2 aromatic heterocycles. The Kier molecular flexibility index (Phi) is 3.21. The molecule has 0 spiro atoms. The number of rotatable bonds is 3. The van der Waals surface area contributed by atoms with Gasteiger partial charge >= 0.3 is 0 Å². The maximum atomic E-state index is 12.5. The van der Waals surface area contributed by atoms with Gasteiger partial charge < -0.3 is 4.52 Å². The Morgan fingerprint density at radius 3 is 2.77 bits per heavy atom. The predicted molar refractivity (Wildman–Crippen MR) is 77.7 cm³/mol. The van der Waals surface area contributed by atoms with Crippen LogP contribution in [0.3, 0.4) is 0 Å². The van der Waals surface area contributed by atoms with Gasteiger partial charge in [0.25, 0.3) is 11.2 Å². The van der Waals surface area contributed by atoms with Gasteiger partial charge in [-0.05, 0) is 19.9 Å². The molecule has 0 saturated carbocycles. The number of nitrogens with zero attached hydrogens (tertiary/aromatic N) is 4. The molecule has 112 valence electrons. The molecule has 8 nitrogen and oxygen atoms in total. The van der Waals surface area contributed by atoms with Gasteiger partial charge in [0.05, 0.1) is 34.4 Å². The fourth-order valence-corrected chi connectivity index (χ4v) is 2.27. The van der Waals surface area contributed by atoms with Crippen molar-refractivity contribution in [3.8, 4) is 0 Å². The highest BCUT2D eigenvalue weighted by atomic mass is 16.6. The molecule has 22 heavy (non-hydrogen) atoms. The van der Waals surface area contributed by atoms with Gasteiger partial charge in [-0.1, -0.05) is 5.16 Å². The summed E-state index contributed by atoms with van der Waals surface area (Å²) in [5, 5.41) is 14.9. The zero-order valence-corrected chi connectivity index (χ0v) is 11.9. The molecular formula is C14H12N4O4. The van der Waals surface area contributed by atoms with Crippen LogP contribution < -0.4 is 5.56 Å². The smallest absolute Gasteiger partial charge is 0.271 e. The molecule has 0 aliphatic heterocycles. The summed E-state index contributed by atoms with van der Waals surface area (Å²) >= 11 is 0. The van der Waals surface area contributed by atoms with Gasteiger partial charge in [0.2, 0.25) is 0 Å². The first kappa shape index (κ1) is 13.9. The van der Waals surface area contributed by atoms with Crippen molar-refractivity contribution in [3.63, 3.8) is 0 Å². The molecule has 0 unspecified atom stereocenters. The van der Waals surface area contributed by atoms with Crippen molar-refractivity contribution in [2.24, 2.45) is 0 Å². The third kappa shape index (κ3) is 2.24. The lowest BCUT2D eigenvalue weighted by Crippen LogP contribution is -2.21. The lowest BCUT2D eigenvalue weighted by atomic mass is 10.2. The van der Waals surface area contributed by atoms with E-state index in [9.17, 15) is 14.9 Å². The van der Waals surface area contributed by atoms with E-state index in [1.165, 1.54) is 29.1 Å². The molecule has 1 aromatic carbocycles. The van der Waals surface area contributed by atoms with Gasteiger partial charge in [-0.15, -0.1) is 0 Å². The summed E-state index contributed by atoms with van der Waals surface area (Å²) in [5.74, 6) is 0.646. The van der Waals surface area contributed by atoms with E-state index in [0.717, 1.165) is 5.56 Å². The summed E-state index contributed by atoms with van der Waals surface area (Å²) in [5.41, 5.74) is 1.48. The Morgan fingerprint density at radius 2 is 2.14 bits per heavy atom. The van der Waals surface area contributed by atoms with Crippen LogP contribution in [0.25, 0.3) is 10.9 Å². The Labute approximate surface area is 124 Å². The minimum atomic E-state index is -0.517. The average molecular weight is 300 g/mol. The quantitative estimate of drug-likeness (QED) is 0.541. The third-order valence-electron chi connectivity index (χ3n) is 3.53. The van der Waals surface area contributed by atoms with Gasteiger partial charge in [-0.2, -0.15) is 0 Å². The Hall–Kier alpha value is -3.03. The van der Waals surface area contributed by atoms with Crippen LogP contribution in [-0.2, 0) is 6.54 Å². The number of non-ortho nitro benzene ring substituents is 1. The van der Waals surface area contributed by atoms with E-state index < -0.39 is 4.92 Å². The molecule has 0 fully saturated rings. The molecule has 0 aliphatic carbocycles. The van der Waals surface area contributed by atoms with Crippen molar-refractivity contribution in [1.29, 1.82) is 0 Å². The number of nitro groups is 1. The topological polar surface area (TPSA) is 104 Å². The lowest BCUT2D eigenvalue weighted by molar-refractivity contribution is -0.384. The highest BCUT2D eigenvalue weighted by molar-refractivity contribution is 5.79. The third-order valence-corrected chi connectivity index (χ3v) is 3.53. The number of fused-ring (bicyclic) bond motifs is 1. The zero-order valence-electron chi connectivity index (χ0n) is 11.9. The Morgan fingerprint density at radius 1 is 1.36 bits per heavy atom. The molecule has 0 radical (unpaired) electrons. The number of hydrogen-bond acceptors (Lipinski definition) is 6. The summed E-state index contributed by atoms with van der Waals surface area (Å²) in [6.45, 7) is 3.87. The van der Waals surface area contributed by atoms with Crippen LogP contribution in [0.15, 0.2) is 33.8 Å². The van der Waals surface area contributed by atoms with Crippen molar-refractivity contribution >= 4 is 16.6 Å². The molecule has 2 heterocycles. The SMILES string of the molecule is Cc1noc(C)c1Cn1cnc2cc([N+](=O)[O-])ccc2c1=O. The minimum absolute atomic E-state index is 0.0946. The van der Waals surface area contributed by atoms with Gasteiger partial charge in [-0.25, -0.2) is 4.98 Å². The van der Waals surface area contributed by atoms with Crippen LogP contribution >= 0.6 is 0 Å². The number of nitro benzene ring substituents is 1. The van der Waals surface area contributed by atoms with Crippen molar-refractivity contribution < 1.29 is 9.45 Å². The normalized spacial score (nSPS) is 11.0. The predicted octanol–water partition coefficient (Wildman–Crippen LogP) is 1.96. The highest BCUT2D eigenvalue weighted by Crippen LogP contribution is 2.17. The summed E-state index contributed by atoms with van der Waals surface area (Å²) in [7, 11) is 0. The van der Waals surface area contributed by atoms with E-state index in [1.54, 1.807) is 13.8 Å². The lowest BCUT2D eigenvalue weighted by Gasteiger charge is -2.06. The fraction of sp³-hybridized carbons (Fsp3) is 0.214. The summed E-state index contributed by atoms with van der Waals surface area (Å²) in [6, 6.07) is 4.01. The summed E-state index contributed by atoms with van der Waals surface area (Å²) < 4.78 is 6.51. The highest BCUT2D eigenvalue weighted by Gasteiger charge is 2.13. The van der Waals surface area contributed by atoms with Crippen LogP contribution in [0.1, 0.15) is 17.0 Å². The van der Waals surface area contributed by atoms with Crippen LogP contribution in [0.2, 0.25) is 0 Å². The Balaban J connectivity index is 2.09. The maximum absolute atomic E-state index is 12.5. The molecule has 8 heteroatoms. The van der Waals surface area contributed by atoms with Gasteiger partial charge in [0.15, 0.2) is 0 Å². The first-order chi connectivity index (χ1) is 10.5. The molecule has 0 bridgehead atoms. The molecule has 0 amide bonds. The second kappa shape index (κ2) is 5.06. The standard InChI is InChI=1S/C14H12N4O4/c1-8-12(9(2)22-16-8)6-17-7-15-13-5-10(18(20)21)3-4-11(13)14(17)19/h3-5,7H,6H2,1-2H3. The molecule has 0 aliphatic rings. The summed E-state index contributed by atoms with van der Waals surface area (Å²) in [4.78, 5) is 26.8. The van der Waals surface area contributed by atoms with Crippen molar-refractivity contribution in [3.05, 3.63) is 62.0 Å². The number of aromatic nitrogens is 3. The van der Waals surface area contributed by atoms with Crippen LogP contribution in [-0.4, -0.2) is 19.6 Å². The van der Waals surface area contributed by atoms with Gasteiger partial charge in [-0.3, -0.25) is 19.5 Å². The molecule has 0 atom stereocenters. The van der Waals surface area contributed by atoms with E-state index in [4.69, 9.17) is 4.52 Å². The van der Waals surface area contributed by atoms with E-state index in [0.29, 0.717) is 28.9 Å². The van der Waals surface area contributed by atoms with E-state index in [-0.39, 0.29) is 11.2 Å². The largest absolute Gasteiger partial charge is 0.361 e. The van der Waals surface area contributed by atoms with Crippen LogP contribution in [0, 0.1) is 24.0 Å². The van der Waals surface area contributed by atoms with E-state index >= 15 is 0 Å². The number of aryl methyl sites for hydroxylation is 2. The van der Waals surface area contributed by atoms with Gasteiger partial charge in [0, 0.05) is 17.7 Å². The first-order valence-electron chi connectivity index (χ1n) is 6.52. The molecule has 3 aromatic rings. The molecule has 0 saturated heterocycles. The fourth-order valence-electron chi connectivity index (χ4n) is 2.27. The average Bonchev–Trinajstić information content (AvgIpc) is 2.81. The van der Waals surface area contributed by atoms with Crippen molar-refractivity contribution in [2.75, 3.05) is 0 Å². The van der Waals surface area contributed by atoms with Gasteiger partial charge in [0.1, 0.15) is 5.76 Å². The zero-order chi connectivity index (χ0) is 15.9. The second-order valence-electron chi connectivity index (χ2n) is 4.94. The number of hydrogen-bond donors (Lipinski definition) is 0. The second-order valence-corrected chi connectivity index (χ2v) is 4.94. The monoisotopic (exact) mass is 300 g/mol.